The molecule has 1 saturated heterocycles. The van der Waals surface area contributed by atoms with Crippen molar-refractivity contribution in [2.24, 2.45) is 0 Å². The van der Waals surface area contributed by atoms with E-state index in [2.05, 4.69) is 12.2 Å². The maximum absolute atomic E-state index is 12.9. The van der Waals surface area contributed by atoms with Crippen LogP contribution in [0.4, 0.5) is 4.39 Å². The van der Waals surface area contributed by atoms with Gasteiger partial charge in [0.05, 0.1) is 4.87 Å². The van der Waals surface area contributed by atoms with E-state index >= 15 is 0 Å². The Bertz CT molecular complexity index is 321. The fraction of sp³-hybridized carbons (Fsp3) is 0.455. The molecular formula is C11H14FNS. The number of hydrogen-bond acceptors (Lipinski definition) is 2. The normalized spacial score (nSPS) is 26.7. The van der Waals surface area contributed by atoms with Gasteiger partial charge in [-0.15, -0.1) is 11.8 Å². The number of rotatable bonds is 2. The molecule has 0 spiro atoms. The molecule has 1 aliphatic heterocycles. The van der Waals surface area contributed by atoms with Gasteiger partial charge in [0.15, 0.2) is 0 Å². The molecule has 1 nitrogen and oxygen atoms in total. The third-order valence-corrected chi connectivity index (χ3v) is 3.79. The minimum Gasteiger partial charge on any atom is -0.302 e. The minimum atomic E-state index is -0.144. The molecule has 3 heteroatoms. The van der Waals surface area contributed by atoms with E-state index in [1.807, 2.05) is 17.8 Å². The fourth-order valence-electron chi connectivity index (χ4n) is 1.79. The highest BCUT2D eigenvalue weighted by atomic mass is 32.2. The van der Waals surface area contributed by atoms with Crippen LogP contribution in [0.25, 0.3) is 0 Å². The molecule has 1 heterocycles. The second-order valence-corrected chi connectivity index (χ2v) is 5.41. The smallest absolute Gasteiger partial charge is 0.123 e. The Morgan fingerprint density at radius 2 is 2.43 bits per heavy atom. The van der Waals surface area contributed by atoms with Crippen LogP contribution < -0.4 is 5.32 Å². The van der Waals surface area contributed by atoms with Crippen LogP contribution in [0.15, 0.2) is 24.3 Å². The van der Waals surface area contributed by atoms with Gasteiger partial charge in [-0.05, 0) is 31.0 Å². The Morgan fingerprint density at radius 1 is 1.57 bits per heavy atom. The Morgan fingerprint density at radius 3 is 3.07 bits per heavy atom. The van der Waals surface area contributed by atoms with E-state index in [4.69, 9.17) is 0 Å². The number of nitrogens with one attached hydrogen (secondary N) is 1. The standard InChI is InChI=1S/C11H14FNS/c1-11(13-5-6-14-11)8-9-3-2-4-10(12)7-9/h2-4,7,13H,5-6,8H2,1H3. The summed E-state index contributed by atoms with van der Waals surface area (Å²) in [5.74, 6) is 1.00. The van der Waals surface area contributed by atoms with Gasteiger partial charge in [-0.2, -0.15) is 0 Å². The summed E-state index contributed by atoms with van der Waals surface area (Å²) in [5, 5.41) is 3.44. The van der Waals surface area contributed by atoms with Crippen LogP contribution in [0.2, 0.25) is 0 Å². The van der Waals surface area contributed by atoms with Gasteiger partial charge in [0.2, 0.25) is 0 Å². The summed E-state index contributed by atoms with van der Waals surface area (Å²) >= 11 is 1.91. The van der Waals surface area contributed by atoms with Crippen molar-refractivity contribution in [1.29, 1.82) is 0 Å². The van der Waals surface area contributed by atoms with Crippen molar-refractivity contribution in [3.63, 3.8) is 0 Å². The highest BCUT2D eigenvalue weighted by Crippen LogP contribution is 2.30. The molecule has 14 heavy (non-hydrogen) atoms. The first-order valence-corrected chi connectivity index (χ1v) is 5.80. The van der Waals surface area contributed by atoms with Crippen molar-refractivity contribution < 1.29 is 4.39 Å². The summed E-state index contributed by atoms with van der Waals surface area (Å²) in [6.45, 7) is 3.23. The van der Waals surface area contributed by atoms with Crippen LogP contribution in [0.1, 0.15) is 12.5 Å². The molecule has 1 N–H and O–H groups in total. The molecule has 0 saturated carbocycles. The van der Waals surface area contributed by atoms with Gasteiger partial charge in [-0.1, -0.05) is 12.1 Å². The van der Waals surface area contributed by atoms with Crippen LogP contribution in [0.3, 0.4) is 0 Å². The predicted molar refractivity (Wildman–Crippen MR) is 59.0 cm³/mol. The van der Waals surface area contributed by atoms with E-state index in [1.165, 1.54) is 6.07 Å². The second-order valence-electron chi connectivity index (χ2n) is 3.81. The van der Waals surface area contributed by atoms with Gasteiger partial charge in [0, 0.05) is 12.3 Å². The first-order chi connectivity index (χ1) is 6.68. The molecule has 76 valence electrons. The molecule has 2 rings (SSSR count). The van der Waals surface area contributed by atoms with Crippen molar-refractivity contribution in [2.45, 2.75) is 18.2 Å². The van der Waals surface area contributed by atoms with E-state index in [1.54, 1.807) is 12.1 Å². The Hall–Kier alpha value is -0.540. The van der Waals surface area contributed by atoms with Crippen molar-refractivity contribution in [3.05, 3.63) is 35.6 Å². The molecule has 0 aliphatic carbocycles. The van der Waals surface area contributed by atoms with E-state index < -0.39 is 0 Å². The van der Waals surface area contributed by atoms with Crippen LogP contribution in [-0.2, 0) is 6.42 Å². The average molecular weight is 211 g/mol. The van der Waals surface area contributed by atoms with E-state index in [-0.39, 0.29) is 10.7 Å². The molecular weight excluding hydrogens is 197 g/mol. The largest absolute Gasteiger partial charge is 0.302 e. The SMILES string of the molecule is CC1(Cc2cccc(F)c2)NCCS1. The molecule has 1 unspecified atom stereocenters. The lowest BCUT2D eigenvalue weighted by Gasteiger charge is -2.23. The number of halogens is 1. The Labute approximate surface area is 88.1 Å². The predicted octanol–water partition coefficient (Wildman–Crippen LogP) is 2.42. The Balaban J connectivity index is 2.10. The average Bonchev–Trinajstić information content (AvgIpc) is 2.51. The van der Waals surface area contributed by atoms with E-state index in [0.29, 0.717) is 0 Å². The lowest BCUT2D eigenvalue weighted by Crippen LogP contribution is -2.35. The van der Waals surface area contributed by atoms with Crippen LogP contribution in [-0.4, -0.2) is 17.2 Å². The van der Waals surface area contributed by atoms with Crippen molar-refractivity contribution in [3.8, 4) is 0 Å². The van der Waals surface area contributed by atoms with E-state index in [9.17, 15) is 4.39 Å². The highest BCUT2D eigenvalue weighted by molar-refractivity contribution is 8.00. The maximum Gasteiger partial charge on any atom is 0.123 e. The third-order valence-electron chi connectivity index (χ3n) is 2.45. The zero-order valence-corrected chi connectivity index (χ0v) is 9.03. The molecule has 0 amide bonds. The zero-order valence-electron chi connectivity index (χ0n) is 8.22. The Kier molecular flexibility index (Phi) is 2.79. The first-order valence-electron chi connectivity index (χ1n) is 4.81. The number of thioether (sulfide) groups is 1. The van der Waals surface area contributed by atoms with Crippen LogP contribution in [0, 0.1) is 5.82 Å². The molecule has 0 radical (unpaired) electrons. The molecule has 1 fully saturated rings. The van der Waals surface area contributed by atoms with Crippen molar-refractivity contribution in [1.82, 2.24) is 5.32 Å². The monoisotopic (exact) mass is 211 g/mol. The topological polar surface area (TPSA) is 12.0 Å². The zero-order chi connectivity index (χ0) is 10.0. The lowest BCUT2D eigenvalue weighted by molar-refractivity contribution is 0.539. The molecule has 1 aromatic rings. The molecule has 0 bridgehead atoms. The van der Waals surface area contributed by atoms with Gasteiger partial charge in [-0.25, -0.2) is 4.39 Å². The molecule has 1 aromatic carbocycles. The molecule has 0 aromatic heterocycles. The van der Waals surface area contributed by atoms with Gasteiger partial charge >= 0.3 is 0 Å². The van der Waals surface area contributed by atoms with Crippen LogP contribution >= 0.6 is 11.8 Å². The fourth-order valence-corrected chi connectivity index (χ4v) is 2.92. The second kappa shape index (κ2) is 3.91. The van der Waals surface area contributed by atoms with Gasteiger partial charge in [0.1, 0.15) is 5.82 Å². The lowest BCUT2D eigenvalue weighted by atomic mass is 10.1. The molecule has 1 atom stereocenters. The summed E-state index contributed by atoms with van der Waals surface area (Å²) in [7, 11) is 0. The van der Waals surface area contributed by atoms with Gasteiger partial charge in [-0.3, -0.25) is 0 Å². The number of hydrogen-bond donors (Lipinski definition) is 1. The minimum absolute atomic E-state index is 0.0911. The summed E-state index contributed by atoms with van der Waals surface area (Å²) in [6.07, 6.45) is 0.884. The quantitative estimate of drug-likeness (QED) is 0.806. The highest BCUT2D eigenvalue weighted by Gasteiger charge is 2.28. The molecule has 1 aliphatic rings. The summed E-state index contributed by atoms with van der Waals surface area (Å²) < 4.78 is 12.9. The van der Waals surface area contributed by atoms with Gasteiger partial charge in [0.25, 0.3) is 0 Å². The maximum atomic E-state index is 12.9. The third kappa shape index (κ3) is 2.28. The van der Waals surface area contributed by atoms with Gasteiger partial charge < -0.3 is 5.32 Å². The number of benzene rings is 1. The van der Waals surface area contributed by atoms with Crippen molar-refractivity contribution >= 4 is 11.8 Å². The van der Waals surface area contributed by atoms with E-state index in [0.717, 1.165) is 24.3 Å². The summed E-state index contributed by atoms with van der Waals surface area (Å²) in [6, 6.07) is 6.86. The summed E-state index contributed by atoms with van der Waals surface area (Å²) in [4.78, 5) is 0.0911. The summed E-state index contributed by atoms with van der Waals surface area (Å²) in [5.41, 5.74) is 1.06. The van der Waals surface area contributed by atoms with Crippen molar-refractivity contribution in [2.75, 3.05) is 12.3 Å². The van der Waals surface area contributed by atoms with Crippen LogP contribution in [0.5, 0.6) is 0 Å². The first kappa shape index (κ1) is 9.99.